The van der Waals surface area contributed by atoms with Crippen molar-refractivity contribution >= 4 is 11.8 Å². The summed E-state index contributed by atoms with van der Waals surface area (Å²) in [5, 5.41) is 9.15. The highest BCUT2D eigenvalue weighted by molar-refractivity contribution is 5.96. The Morgan fingerprint density at radius 1 is 1.33 bits per heavy atom. The average Bonchev–Trinajstić information content (AvgIpc) is 3.23. The third-order valence-electron chi connectivity index (χ3n) is 5.16. The van der Waals surface area contributed by atoms with Gasteiger partial charge in [0.2, 0.25) is 5.91 Å². The number of likely N-dealkylation sites (tertiary alicyclic amines) is 1. The van der Waals surface area contributed by atoms with Crippen LogP contribution < -0.4 is 0 Å². The maximum atomic E-state index is 12.6. The second kappa shape index (κ2) is 7.04. The average molecular weight is 325 g/mol. The first-order chi connectivity index (χ1) is 11.6. The van der Waals surface area contributed by atoms with E-state index in [-0.39, 0.29) is 17.7 Å². The molecule has 0 bridgehead atoms. The summed E-state index contributed by atoms with van der Waals surface area (Å²) in [5.74, 6) is 0.255. The number of nitrogens with zero attached hydrogens (tertiary/aromatic N) is 3. The molecule has 1 heterocycles. The van der Waals surface area contributed by atoms with Crippen molar-refractivity contribution in [3.05, 3.63) is 35.4 Å². The van der Waals surface area contributed by atoms with E-state index in [2.05, 4.69) is 6.07 Å². The van der Waals surface area contributed by atoms with Gasteiger partial charge < -0.3 is 9.80 Å². The second-order valence-corrected chi connectivity index (χ2v) is 6.90. The largest absolute Gasteiger partial charge is 0.341 e. The first-order valence-corrected chi connectivity index (χ1v) is 8.64. The lowest BCUT2D eigenvalue weighted by atomic mass is 10.1. The van der Waals surface area contributed by atoms with E-state index in [1.165, 1.54) is 12.8 Å². The Hall–Kier alpha value is -2.35. The minimum absolute atomic E-state index is 0.154. The van der Waals surface area contributed by atoms with Crippen LogP contribution in [0.1, 0.15) is 48.0 Å². The molecule has 1 saturated heterocycles. The van der Waals surface area contributed by atoms with Crippen LogP contribution in [0, 0.1) is 17.2 Å². The van der Waals surface area contributed by atoms with Crippen molar-refractivity contribution in [1.29, 1.82) is 5.26 Å². The van der Waals surface area contributed by atoms with Crippen LogP contribution in [0.5, 0.6) is 0 Å². The molecule has 2 amide bonds. The maximum absolute atomic E-state index is 12.6. The van der Waals surface area contributed by atoms with Gasteiger partial charge in [0.15, 0.2) is 0 Å². The highest BCUT2D eigenvalue weighted by Crippen LogP contribution is 2.29. The second-order valence-electron chi connectivity index (χ2n) is 6.90. The fourth-order valence-corrected chi connectivity index (χ4v) is 3.94. The van der Waals surface area contributed by atoms with Gasteiger partial charge in [-0.3, -0.25) is 9.59 Å². The summed E-state index contributed by atoms with van der Waals surface area (Å²) >= 11 is 0. The molecule has 1 atom stereocenters. The first-order valence-electron chi connectivity index (χ1n) is 8.64. The minimum Gasteiger partial charge on any atom is -0.341 e. The van der Waals surface area contributed by atoms with E-state index in [4.69, 9.17) is 5.26 Å². The van der Waals surface area contributed by atoms with Gasteiger partial charge in [0.05, 0.1) is 17.2 Å². The van der Waals surface area contributed by atoms with Crippen LogP contribution in [0.25, 0.3) is 0 Å². The van der Waals surface area contributed by atoms with Gasteiger partial charge >= 0.3 is 0 Å². The Morgan fingerprint density at radius 3 is 2.75 bits per heavy atom. The molecule has 0 unspecified atom stereocenters. The van der Waals surface area contributed by atoms with Gasteiger partial charge in [-0.25, -0.2) is 0 Å². The molecule has 1 aliphatic carbocycles. The van der Waals surface area contributed by atoms with Crippen molar-refractivity contribution in [3.8, 4) is 6.07 Å². The number of amides is 2. The number of carbonyl (C=O) groups is 2. The zero-order valence-electron chi connectivity index (χ0n) is 14.1. The van der Waals surface area contributed by atoms with E-state index < -0.39 is 0 Å². The zero-order valence-corrected chi connectivity index (χ0v) is 14.1. The molecule has 0 aromatic heterocycles. The summed E-state index contributed by atoms with van der Waals surface area (Å²) in [4.78, 5) is 28.6. The lowest BCUT2D eigenvalue weighted by Gasteiger charge is -2.25. The topological polar surface area (TPSA) is 64.4 Å². The molecule has 1 aliphatic heterocycles. The molecular formula is C19H23N3O2. The number of hydrogen-bond acceptors (Lipinski definition) is 3. The standard InChI is InChI=1S/C19H23N3O2/c1-21(19(24)17-9-5-2-6-15(17)11-20)12-14-10-18(23)22(13-14)16-7-3-4-8-16/h2,5-6,9,14,16H,3-4,7-8,10,12-13H2,1H3/t14-/m0/s1. The summed E-state index contributed by atoms with van der Waals surface area (Å²) in [5.41, 5.74) is 0.823. The van der Waals surface area contributed by atoms with Gasteiger partial charge in [0.25, 0.3) is 5.91 Å². The van der Waals surface area contributed by atoms with E-state index in [1.807, 2.05) is 4.90 Å². The molecule has 5 nitrogen and oxygen atoms in total. The van der Waals surface area contributed by atoms with Crippen LogP contribution in [0.15, 0.2) is 24.3 Å². The van der Waals surface area contributed by atoms with Gasteiger partial charge in [-0.05, 0) is 25.0 Å². The Labute approximate surface area is 142 Å². The molecule has 0 spiro atoms. The predicted octanol–water partition coefficient (Wildman–Crippen LogP) is 2.42. The third kappa shape index (κ3) is 3.28. The number of rotatable bonds is 4. The third-order valence-corrected chi connectivity index (χ3v) is 5.16. The molecule has 24 heavy (non-hydrogen) atoms. The highest BCUT2D eigenvalue weighted by Gasteiger charge is 2.36. The zero-order chi connectivity index (χ0) is 17.1. The summed E-state index contributed by atoms with van der Waals surface area (Å²) in [7, 11) is 1.75. The first kappa shape index (κ1) is 16.5. The predicted molar refractivity (Wildman–Crippen MR) is 90.2 cm³/mol. The molecule has 2 fully saturated rings. The number of nitriles is 1. The molecule has 1 saturated carbocycles. The van der Waals surface area contributed by atoms with Gasteiger partial charge in [-0.2, -0.15) is 5.26 Å². The maximum Gasteiger partial charge on any atom is 0.254 e. The van der Waals surface area contributed by atoms with E-state index >= 15 is 0 Å². The number of hydrogen-bond donors (Lipinski definition) is 0. The lowest BCUT2D eigenvalue weighted by molar-refractivity contribution is -0.129. The van der Waals surface area contributed by atoms with Gasteiger partial charge in [0.1, 0.15) is 0 Å². The van der Waals surface area contributed by atoms with Crippen LogP contribution in [0.2, 0.25) is 0 Å². The van der Waals surface area contributed by atoms with E-state index in [0.717, 1.165) is 19.4 Å². The monoisotopic (exact) mass is 325 g/mol. The molecule has 3 rings (SSSR count). The molecular weight excluding hydrogens is 302 g/mol. The van der Waals surface area contributed by atoms with E-state index in [1.54, 1.807) is 36.2 Å². The normalized spacial score (nSPS) is 21.1. The van der Waals surface area contributed by atoms with Crippen molar-refractivity contribution < 1.29 is 9.59 Å². The summed E-state index contributed by atoms with van der Waals surface area (Å²) in [6.45, 7) is 1.30. The van der Waals surface area contributed by atoms with Gasteiger partial charge in [-0.1, -0.05) is 25.0 Å². The SMILES string of the molecule is CN(C[C@@H]1CC(=O)N(C2CCCC2)C1)C(=O)c1ccccc1C#N. The lowest BCUT2D eigenvalue weighted by Crippen LogP contribution is -2.36. The van der Waals surface area contributed by atoms with Crippen molar-refractivity contribution in [2.24, 2.45) is 5.92 Å². The quantitative estimate of drug-likeness (QED) is 0.854. The Bertz CT molecular complexity index is 673. The van der Waals surface area contributed by atoms with Crippen molar-refractivity contribution in [2.45, 2.75) is 38.1 Å². The van der Waals surface area contributed by atoms with E-state index in [0.29, 0.717) is 30.1 Å². The molecule has 1 aromatic rings. The Kier molecular flexibility index (Phi) is 4.84. The molecule has 1 aromatic carbocycles. The molecule has 2 aliphatic rings. The fourth-order valence-electron chi connectivity index (χ4n) is 3.94. The van der Waals surface area contributed by atoms with Crippen molar-refractivity contribution in [2.75, 3.05) is 20.1 Å². The smallest absolute Gasteiger partial charge is 0.254 e. The summed E-state index contributed by atoms with van der Waals surface area (Å²) < 4.78 is 0. The number of carbonyl (C=O) groups excluding carboxylic acids is 2. The highest BCUT2D eigenvalue weighted by atomic mass is 16.2. The van der Waals surface area contributed by atoms with Crippen LogP contribution in [0.3, 0.4) is 0 Å². The van der Waals surface area contributed by atoms with Crippen LogP contribution in [-0.2, 0) is 4.79 Å². The Morgan fingerprint density at radius 2 is 2.04 bits per heavy atom. The van der Waals surface area contributed by atoms with Crippen LogP contribution in [0.4, 0.5) is 0 Å². The van der Waals surface area contributed by atoms with E-state index in [9.17, 15) is 9.59 Å². The molecule has 5 heteroatoms. The molecule has 126 valence electrons. The summed E-state index contributed by atoms with van der Waals surface area (Å²) in [6, 6.07) is 9.33. The molecule has 0 radical (unpaired) electrons. The van der Waals surface area contributed by atoms with Gasteiger partial charge in [-0.15, -0.1) is 0 Å². The number of benzene rings is 1. The van der Waals surface area contributed by atoms with Gasteiger partial charge in [0, 0.05) is 38.5 Å². The summed E-state index contributed by atoms with van der Waals surface area (Å²) in [6.07, 6.45) is 5.17. The minimum atomic E-state index is -0.154. The van der Waals surface area contributed by atoms with Crippen LogP contribution >= 0.6 is 0 Å². The van der Waals surface area contributed by atoms with Crippen molar-refractivity contribution in [3.63, 3.8) is 0 Å². The fraction of sp³-hybridized carbons (Fsp3) is 0.526. The van der Waals surface area contributed by atoms with Crippen LogP contribution in [-0.4, -0.2) is 47.8 Å². The van der Waals surface area contributed by atoms with Crippen molar-refractivity contribution in [1.82, 2.24) is 9.80 Å². The molecule has 0 N–H and O–H groups in total. The Balaban J connectivity index is 1.63.